The number of hydrogen-bond donors (Lipinski definition) is 1. The Kier molecular flexibility index (Phi) is 5.07. The third kappa shape index (κ3) is 3.80. The van der Waals surface area contributed by atoms with Crippen LogP contribution in [0, 0.1) is 5.82 Å². The minimum absolute atomic E-state index is 0.254. The Balaban J connectivity index is 1.49. The fourth-order valence-electron chi connectivity index (χ4n) is 3.36. The Morgan fingerprint density at radius 1 is 1.19 bits per heavy atom. The third-order valence-electron chi connectivity index (χ3n) is 4.75. The predicted molar refractivity (Wildman–Crippen MR) is 107 cm³/mol. The maximum absolute atomic E-state index is 13.8. The van der Waals surface area contributed by atoms with E-state index in [0.29, 0.717) is 11.8 Å². The highest BCUT2D eigenvalue weighted by molar-refractivity contribution is 9.10. The average molecular weight is 432 g/mol. The van der Waals surface area contributed by atoms with Gasteiger partial charge in [-0.05, 0) is 40.9 Å². The number of piperidine rings is 1. The van der Waals surface area contributed by atoms with Crippen LogP contribution in [0.25, 0.3) is 10.8 Å². The first-order chi connectivity index (χ1) is 13.1. The molecule has 0 atom stereocenters. The van der Waals surface area contributed by atoms with Crippen molar-refractivity contribution in [2.45, 2.75) is 18.9 Å². The van der Waals surface area contributed by atoms with Gasteiger partial charge in [0, 0.05) is 52.8 Å². The summed E-state index contributed by atoms with van der Waals surface area (Å²) in [6, 6.07) is 6.80. The largest absolute Gasteiger partial charge is 0.481 e. The molecule has 2 aromatic heterocycles. The van der Waals surface area contributed by atoms with Gasteiger partial charge in [-0.2, -0.15) is 4.98 Å². The number of ether oxygens (including phenoxy) is 1. The Morgan fingerprint density at radius 2 is 2.00 bits per heavy atom. The van der Waals surface area contributed by atoms with Gasteiger partial charge in [-0.25, -0.2) is 14.4 Å². The molecule has 140 valence electrons. The first kappa shape index (κ1) is 17.9. The molecule has 1 N–H and O–H groups in total. The van der Waals surface area contributed by atoms with E-state index < -0.39 is 0 Å². The van der Waals surface area contributed by atoms with Crippen LogP contribution in [0.1, 0.15) is 12.8 Å². The van der Waals surface area contributed by atoms with Gasteiger partial charge in [-0.15, -0.1) is 0 Å². The SMILES string of the molecule is COc1ccnc(NC2CCN(c3ncc(Br)c4ccc(F)cc34)CC2)n1. The van der Waals surface area contributed by atoms with E-state index in [1.807, 2.05) is 0 Å². The molecule has 27 heavy (non-hydrogen) atoms. The lowest BCUT2D eigenvalue weighted by molar-refractivity contribution is 0.397. The summed E-state index contributed by atoms with van der Waals surface area (Å²) in [5.74, 6) is 1.68. The van der Waals surface area contributed by atoms with Crippen molar-refractivity contribution in [2.24, 2.45) is 0 Å². The lowest BCUT2D eigenvalue weighted by Gasteiger charge is -2.33. The highest BCUT2D eigenvalue weighted by atomic mass is 79.9. The average Bonchev–Trinajstić information content (AvgIpc) is 2.69. The second-order valence-electron chi connectivity index (χ2n) is 6.45. The van der Waals surface area contributed by atoms with Crippen LogP contribution in [-0.2, 0) is 0 Å². The van der Waals surface area contributed by atoms with E-state index in [0.717, 1.165) is 47.0 Å². The summed E-state index contributed by atoms with van der Waals surface area (Å²) in [5.41, 5.74) is 0. The van der Waals surface area contributed by atoms with E-state index in [9.17, 15) is 4.39 Å². The van der Waals surface area contributed by atoms with Crippen LogP contribution in [0.2, 0.25) is 0 Å². The lowest BCUT2D eigenvalue weighted by atomic mass is 10.0. The maximum Gasteiger partial charge on any atom is 0.226 e. The Morgan fingerprint density at radius 3 is 2.78 bits per heavy atom. The van der Waals surface area contributed by atoms with Crippen molar-refractivity contribution in [1.29, 1.82) is 0 Å². The zero-order valence-electron chi connectivity index (χ0n) is 14.8. The summed E-state index contributed by atoms with van der Waals surface area (Å²) in [6.45, 7) is 1.64. The minimum Gasteiger partial charge on any atom is -0.481 e. The van der Waals surface area contributed by atoms with E-state index >= 15 is 0 Å². The number of pyridine rings is 1. The molecule has 1 fully saturated rings. The van der Waals surface area contributed by atoms with Gasteiger partial charge in [0.1, 0.15) is 11.6 Å². The summed E-state index contributed by atoms with van der Waals surface area (Å²) >= 11 is 3.50. The molecule has 6 nitrogen and oxygen atoms in total. The van der Waals surface area contributed by atoms with Crippen molar-refractivity contribution in [3.05, 3.63) is 46.9 Å². The number of aromatic nitrogens is 3. The van der Waals surface area contributed by atoms with Gasteiger partial charge >= 0.3 is 0 Å². The van der Waals surface area contributed by atoms with Gasteiger partial charge in [0.15, 0.2) is 0 Å². The molecular formula is C19H19BrFN5O. The van der Waals surface area contributed by atoms with Crippen molar-refractivity contribution in [1.82, 2.24) is 15.0 Å². The molecular weight excluding hydrogens is 413 g/mol. The second-order valence-corrected chi connectivity index (χ2v) is 7.30. The Hall–Kier alpha value is -2.48. The summed E-state index contributed by atoms with van der Waals surface area (Å²) in [6.07, 6.45) is 5.28. The van der Waals surface area contributed by atoms with Crippen molar-refractivity contribution in [2.75, 3.05) is 30.4 Å². The Bertz CT molecular complexity index is 962. The lowest BCUT2D eigenvalue weighted by Crippen LogP contribution is -2.39. The van der Waals surface area contributed by atoms with Crippen molar-refractivity contribution < 1.29 is 9.13 Å². The molecule has 0 radical (unpaired) electrons. The van der Waals surface area contributed by atoms with E-state index in [1.54, 1.807) is 37.7 Å². The first-order valence-electron chi connectivity index (χ1n) is 8.76. The molecule has 3 aromatic rings. The third-order valence-corrected chi connectivity index (χ3v) is 5.38. The molecule has 1 aliphatic heterocycles. The van der Waals surface area contributed by atoms with Crippen LogP contribution in [-0.4, -0.2) is 41.2 Å². The normalized spacial score (nSPS) is 15.1. The molecule has 0 unspecified atom stereocenters. The molecule has 1 aliphatic rings. The van der Waals surface area contributed by atoms with E-state index in [4.69, 9.17) is 4.74 Å². The molecule has 8 heteroatoms. The summed E-state index contributed by atoms with van der Waals surface area (Å²) in [7, 11) is 1.59. The number of rotatable bonds is 4. The van der Waals surface area contributed by atoms with Gasteiger partial charge < -0.3 is 15.0 Å². The molecule has 1 saturated heterocycles. The zero-order valence-corrected chi connectivity index (χ0v) is 16.4. The van der Waals surface area contributed by atoms with E-state index in [2.05, 4.69) is 41.1 Å². The second kappa shape index (κ2) is 7.64. The summed E-state index contributed by atoms with van der Waals surface area (Å²) < 4.78 is 19.8. The van der Waals surface area contributed by atoms with Crippen molar-refractivity contribution in [3.8, 4) is 5.88 Å². The van der Waals surface area contributed by atoms with Crippen LogP contribution in [0.3, 0.4) is 0 Å². The number of benzene rings is 1. The molecule has 0 amide bonds. The fourth-order valence-corrected chi connectivity index (χ4v) is 3.81. The van der Waals surface area contributed by atoms with Crippen LogP contribution in [0.5, 0.6) is 5.88 Å². The van der Waals surface area contributed by atoms with E-state index in [-0.39, 0.29) is 11.9 Å². The zero-order chi connectivity index (χ0) is 18.8. The fraction of sp³-hybridized carbons (Fsp3) is 0.316. The summed E-state index contributed by atoms with van der Waals surface area (Å²) in [5, 5.41) is 5.16. The molecule has 0 saturated carbocycles. The van der Waals surface area contributed by atoms with Crippen molar-refractivity contribution >= 4 is 38.5 Å². The molecule has 0 bridgehead atoms. The van der Waals surface area contributed by atoms with Crippen LogP contribution < -0.4 is 15.0 Å². The maximum atomic E-state index is 13.8. The smallest absolute Gasteiger partial charge is 0.226 e. The quantitative estimate of drug-likeness (QED) is 0.672. The Labute approximate surface area is 164 Å². The van der Waals surface area contributed by atoms with Crippen molar-refractivity contribution in [3.63, 3.8) is 0 Å². The number of halogens is 2. The van der Waals surface area contributed by atoms with Crippen LogP contribution in [0.15, 0.2) is 41.1 Å². The van der Waals surface area contributed by atoms with Gasteiger partial charge in [-0.1, -0.05) is 6.07 Å². The highest BCUT2D eigenvalue weighted by Gasteiger charge is 2.22. The number of fused-ring (bicyclic) bond motifs is 1. The highest BCUT2D eigenvalue weighted by Crippen LogP contribution is 2.32. The topological polar surface area (TPSA) is 63.2 Å². The number of anilines is 2. The van der Waals surface area contributed by atoms with Gasteiger partial charge in [0.25, 0.3) is 0 Å². The van der Waals surface area contributed by atoms with Crippen LogP contribution in [0.4, 0.5) is 16.2 Å². The molecule has 4 rings (SSSR count). The van der Waals surface area contributed by atoms with E-state index in [1.165, 1.54) is 6.07 Å². The van der Waals surface area contributed by atoms with Gasteiger partial charge in [0.05, 0.1) is 7.11 Å². The number of methoxy groups -OCH3 is 1. The molecule has 0 spiro atoms. The molecule has 0 aliphatic carbocycles. The van der Waals surface area contributed by atoms with Gasteiger partial charge in [-0.3, -0.25) is 0 Å². The predicted octanol–water partition coefficient (Wildman–Crippen LogP) is 4.02. The minimum atomic E-state index is -0.254. The number of nitrogens with zero attached hydrogens (tertiary/aromatic N) is 4. The number of nitrogens with one attached hydrogen (secondary N) is 1. The first-order valence-corrected chi connectivity index (χ1v) is 9.55. The molecule has 3 heterocycles. The van der Waals surface area contributed by atoms with Gasteiger partial charge in [0.2, 0.25) is 11.8 Å². The molecule has 1 aromatic carbocycles. The summed E-state index contributed by atoms with van der Waals surface area (Å²) in [4.78, 5) is 15.3. The number of hydrogen-bond acceptors (Lipinski definition) is 6. The van der Waals surface area contributed by atoms with Crippen LogP contribution >= 0.6 is 15.9 Å². The monoisotopic (exact) mass is 431 g/mol. The standard InChI is InChI=1S/C19H19BrFN5O/c1-27-17-4-7-22-19(25-17)24-13-5-8-26(9-6-13)18-15-10-12(21)2-3-14(15)16(20)11-23-18/h2-4,7,10-11,13H,5-6,8-9H2,1H3,(H,22,24,25).